The Kier molecular flexibility index (Phi) is 4.50. The van der Waals surface area contributed by atoms with Crippen LogP contribution in [0.2, 0.25) is 0 Å². The standard InChI is InChI=1S/C13H19N3O2/c17-13(18)6-3-7-14-12-8-11(15-9-16-12)10-4-1-2-5-10/h8-10H,1-7H2,(H,17,18)(H,14,15,16). The summed E-state index contributed by atoms with van der Waals surface area (Å²) in [6.45, 7) is 0.632. The zero-order chi connectivity index (χ0) is 12.8. The van der Waals surface area contributed by atoms with E-state index in [9.17, 15) is 4.79 Å². The van der Waals surface area contributed by atoms with Crippen molar-refractivity contribution in [3.8, 4) is 0 Å². The quantitative estimate of drug-likeness (QED) is 0.757. The van der Waals surface area contributed by atoms with Crippen molar-refractivity contribution in [1.82, 2.24) is 9.97 Å². The van der Waals surface area contributed by atoms with Crippen LogP contribution in [0.25, 0.3) is 0 Å². The third kappa shape index (κ3) is 3.68. The average molecular weight is 249 g/mol. The van der Waals surface area contributed by atoms with Crippen LogP contribution in [0.5, 0.6) is 0 Å². The number of nitrogens with one attached hydrogen (secondary N) is 1. The number of carbonyl (C=O) groups is 1. The number of carboxylic acid groups (broad SMARTS) is 1. The minimum atomic E-state index is -0.758. The molecule has 5 heteroatoms. The van der Waals surface area contributed by atoms with E-state index in [-0.39, 0.29) is 6.42 Å². The van der Waals surface area contributed by atoms with Crippen molar-refractivity contribution >= 4 is 11.8 Å². The van der Waals surface area contributed by atoms with Gasteiger partial charge in [-0.15, -0.1) is 0 Å². The molecule has 0 aromatic carbocycles. The number of aliphatic carboxylic acids is 1. The predicted molar refractivity (Wildman–Crippen MR) is 68.6 cm³/mol. The predicted octanol–water partition coefficient (Wildman–Crippen LogP) is 2.41. The Morgan fingerprint density at radius 1 is 1.39 bits per heavy atom. The Balaban J connectivity index is 1.85. The molecule has 1 aromatic rings. The van der Waals surface area contributed by atoms with Crippen LogP contribution in [0.15, 0.2) is 12.4 Å². The molecule has 2 N–H and O–H groups in total. The van der Waals surface area contributed by atoms with E-state index >= 15 is 0 Å². The summed E-state index contributed by atoms with van der Waals surface area (Å²) < 4.78 is 0. The number of carboxylic acids is 1. The zero-order valence-electron chi connectivity index (χ0n) is 10.4. The smallest absolute Gasteiger partial charge is 0.303 e. The van der Waals surface area contributed by atoms with E-state index in [4.69, 9.17) is 5.11 Å². The molecule has 2 rings (SSSR count). The topological polar surface area (TPSA) is 75.1 Å². The Morgan fingerprint density at radius 2 is 2.17 bits per heavy atom. The van der Waals surface area contributed by atoms with E-state index in [0.717, 1.165) is 11.5 Å². The van der Waals surface area contributed by atoms with Gasteiger partial charge in [-0.05, 0) is 19.3 Å². The maximum Gasteiger partial charge on any atom is 0.303 e. The highest BCUT2D eigenvalue weighted by molar-refractivity contribution is 5.66. The lowest BCUT2D eigenvalue weighted by Gasteiger charge is -2.10. The second-order valence-electron chi connectivity index (χ2n) is 4.73. The first-order chi connectivity index (χ1) is 8.75. The Hall–Kier alpha value is -1.65. The molecular weight excluding hydrogens is 230 g/mol. The third-order valence-electron chi connectivity index (χ3n) is 3.34. The van der Waals surface area contributed by atoms with Crippen molar-refractivity contribution in [2.24, 2.45) is 0 Å². The molecule has 1 aliphatic carbocycles. The van der Waals surface area contributed by atoms with E-state index in [2.05, 4.69) is 15.3 Å². The van der Waals surface area contributed by atoms with Crippen molar-refractivity contribution in [2.75, 3.05) is 11.9 Å². The monoisotopic (exact) mass is 249 g/mol. The van der Waals surface area contributed by atoms with Gasteiger partial charge in [0, 0.05) is 30.6 Å². The SMILES string of the molecule is O=C(O)CCCNc1cc(C2CCCC2)ncn1. The first-order valence-electron chi connectivity index (χ1n) is 6.53. The lowest BCUT2D eigenvalue weighted by molar-refractivity contribution is -0.137. The van der Waals surface area contributed by atoms with E-state index in [1.807, 2.05) is 6.07 Å². The highest BCUT2D eigenvalue weighted by Gasteiger charge is 2.18. The molecule has 0 radical (unpaired) electrons. The number of anilines is 1. The van der Waals surface area contributed by atoms with Crippen LogP contribution in [-0.4, -0.2) is 27.6 Å². The number of hydrogen-bond acceptors (Lipinski definition) is 4. The van der Waals surface area contributed by atoms with Crippen molar-refractivity contribution in [1.29, 1.82) is 0 Å². The summed E-state index contributed by atoms with van der Waals surface area (Å²) >= 11 is 0. The lowest BCUT2D eigenvalue weighted by Crippen LogP contribution is -2.07. The molecule has 1 aromatic heterocycles. The van der Waals surface area contributed by atoms with Crippen LogP contribution >= 0.6 is 0 Å². The summed E-state index contributed by atoms with van der Waals surface area (Å²) in [6.07, 6.45) is 7.40. The highest BCUT2D eigenvalue weighted by atomic mass is 16.4. The highest BCUT2D eigenvalue weighted by Crippen LogP contribution is 2.33. The van der Waals surface area contributed by atoms with E-state index in [0.29, 0.717) is 18.9 Å². The summed E-state index contributed by atoms with van der Waals surface area (Å²) in [5.41, 5.74) is 1.11. The summed E-state index contributed by atoms with van der Waals surface area (Å²) in [5.74, 6) is 0.621. The van der Waals surface area contributed by atoms with Gasteiger partial charge in [0.2, 0.25) is 0 Å². The Bertz CT molecular complexity index is 403. The molecule has 1 heterocycles. The fraction of sp³-hybridized carbons (Fsp3) is 0.615. The van der Waals surface area contributed by atoms with Gasteiger partial charge in [-0.25, -0.2) is 9.97 Å². The van der Waals surface area contributed by atoms with Crippen molar-refractivity contribution < 1.29 is 9.90 Å². The fourth-order valence-corrected chi connectivity index (χ4v) is 2.37. The minimum Gasteiger partial charge on any atom is -0.481 e. The number of hydrogen-bond donors (Lipinski definition) is 2. The van der Waals surface area contributed by atoms with Crippen LogP contribution in [0.1, 0.15) is 50.1 Å². The van der Waals surface area contributed by atoms with Gasteiger partial charge in [-0.3, -0.25) is 4.79 Å². The summed E-state index contributed by atoms with van der Waals surface area (Å²) in [7, 11) is 0. The molecule has 0 aliphatic heterocycles. The first kappa shape index (κ1) is 12.8. The number of nitrogens with zero attached hydrogens (tertiary/aromatic N) is 2. The van der Waals surface area contributed by atoms with Gasteiger partial charge in [-0.1, -0.05) is 12.8 Å². The number of rotatable bonds is 6. The molecule has 0 amide bonds. The maximum absolute atomic E-state index is 10.4. The van der Waals surface area contributed by atoms with Gasteiger partial charge in [0.25, 0.3) is 0 Å². The van der Waals surface area contributed by atoms with Gasteiger partial charge in [-0.2, -0.15) is 0 Å². The van der Waals surface area contributed by atoms with Gasteiger partial charge in [0.05, 0.1) is 0 Å². The lowest BCUT2D eigenvalue weighted by atomic mass is 10.0. The molecule has 5 nitrogen and oxygen atoms in total. The van der Waals surface area contributed by atoms with Crippen molar-refractivity contribution in [3.05, 3.63) is 18.1 Å². The Morgan fingerprint density at radius 3 is 2.89 bits per heavy atom. The summed E-state index contributed by atoms with van der Waals surface area (Å²) in [5, 5.41) is 11.7. The van der Waals surface area contributed by atoms with Gasteiger partial charge >= 0.3 is 5.97 Å². The number of aromatic nitrogens is 2. The van der Waals surface area contributed by atoms with Gasteiger partial charge in [0.1, 0.15) is 12.1 Å². The molecule has 98 valence electrons. The fourth-order valence-electron chi connectivity index (χ4n) is 2.37. The summed E-state index contributed by atoms with van der Waals surface area (Å²) in [4.78, 5) is 18.9. The second kappa shape index (κ2) is 6.33. The molecule has 1 fully saturated rings. The van der Waals surface area contributed by atoms with E-state index < -0.39 is 5.97 Å². The zero-order valence-corrected chi connectivity index (χ0v) is 10.4. The molecule has 0 spiro atoms. The maximum atomic E-state index is 10.4. The molecule has 0 saturated heterocycles. The van der Waals surface area contributed by atoms with Crippen LogP contribution in [0, 0.1) is 0 Å². The molecule has 18 heavy (non-hydrogen) atoms. The van der Waals surface area contributed by atoms with Gasteiger partial charge < -0.3 is 10.4 Å². The second-order valence-corrected chi connectivity index (χ2v) is 4.73. The first-order valence-corrected chi connectivity index (χ1v) is 6.53. The van der Waals surface area contributed by atoms with Crippen LogP contribution < -0.4 is 5.32 Å². The molecule has 0 atom stereocenters. The average Bonchev–Trinajstić information content (AvgIpc) is 2.89. The van der Waals surface area contributed by atoms with Crippen LogP contribution in [0.3, 0.4) is 0 Å². The molecule has 1 saturated carbocycles. The molecule has 0 unspecified atom stereocenters. The minimum absolute atomic E-state index is 0.188. The van der Waals surface area contributed by atoms with Crippen LogP contribution in [0.4, 0.5) is 5.82 Å². The Labute approximate surface area is 107 Å². The van der Waals surface area contributed by atoms with E-state index in [1.54, 1.807) is 6.33 Å². The molecule has 0 bridgehead atoms. The molecule has 1 aliphatic rings. The normalized spacial score (nSPS) is 15.8. The van der Waals surface area contributed by atoms with Crippen molar-refractivity contribution in [3.63, 3.8) is 0 Å². The largest absolute Gasteiger partial charge is 0.481 e. The van der Waals surface area contributed by atoms with Gasteiger partial charge in [0.15, 0.2) is 0 Å². The molecular formula is C13H19N3O2. The third-order valence-corrected chi connectivity index (χ3v) is 3.34. The summed E-state index contributed by atoms with van der Waals surface area (Å²) in [6, 6.07) is 2.00. The van der Waals surface area contributed by atoms with E-state index in [1.165, 1.54) is 25.7 Å². The van der Waals surface area contributed by atoms with Crippen molar-refractivity contribution in [2.45, 2.75) is 44.4 Å². The van der Waals surface area contributed by atoms with Crippen LogP contribution in [-0.2, 0) is 4.79 Å².